The van der Waals surface area contributed by atoms with Gasteiger partial charge in [0.2, 0.25) is 5.82 Å². The summed E-state index contributed by atoms with van der Waals surface area (Å²) in [5.74, 6) is -1.34. The highest BCUT2D eigenvalue weighted by atomic mass is 16.7. The van der Waals surface area contributed by atoms with Crippen molar-refractivity contribution in [1.82, 2.24) is 41.2 Å². The van der Waals surface area contributed by atoms with E-state index in [1.165, 1.54) is 0 Å². The van der Waals surface area contributed by atoms with E-state index in [9.17, 15) is 14.4 Å². The number of rotatable bonds is 14. The molecule has 49 heavy (non-hydrogen) atoms. The molecule has 5 aromatic rings. The van der Waals surface area contributed by atoms with Gasteiger partial charge in [-0.3, -0.25) is 14.3 Å². The van der Waals surface area contributed by atoms with E-state index in [2.05, 4.69) is 43.4 Å². The summed E-state index contributed by atoms with van der Waals surface area (Å²) in [7, 11) is 0. The van der Waals surface area contributed by atoms with Crippen LogP contribution in [0.1, 0.15) is 60.9 Å². The summed E-state index contributed by atoms with van der Waals surface area (Å²) in [5, 5.41) is 22.1. The number of carbonyl (C=O) groups excluding carboxylic acids is 3. The standard InChI is InChI=1S/C36H41N9O4/c1-4-10-28-21-31(35(47)38-27(19-24-11-6-5-7-12-24)20-32(46)42-49-36(48)33(37)23(2)3)41-45(28)22-25-15-17-26(18-16-25)29-13-8-9-14-30(29)34-39-43-44-40-34/h5-9,11-18,21,23,27,33H,4,10,19-20,22,37H2,1-3H3,(H,38,47)(H,42,46)(H,39,40,43,44)/t27-,33-/m1/s1. The highest BCUT2D eigenvalue weighted by Crippen LogP contribution is 2.30. The Morgan fingerprint density at radius 2 is 1.65 bits per heavy atom. The zero-order valence-electron chi connectivity index (χ0n) is 27.8. The number of benzene rings is 3. The number of nitrogens with two attached hydrogens (primary N) is 1. The first-order chi connectivity index (χ1) is 23.7. The van der Waals surface area contributed by atoms with Gasteiger partial charge in [-0.15, -0.1) is 10.2 Å². The van der Waals surface area contributed by atoms with Crippen LogP contribution in [-0.4, -0.2) is 60.3 Å². The second-order valence-electron chi connectivity index (χ2n) is 12.2. The van der Waals surface area contributed by atoms with E-state index < -0.39 is 29.9 Å². The largest absolute Gasteiger partial charge is 0.349 e. The summed E-state index contributed by atoms with van der Waals surface area (Å²) in [6.07, 6.45) is 1.85. The van der Waals surface area contributed by atoms with Crippen molar-refractivity contribution in [3.63, 3.8) is 0 Å². The fourth-order valence-corrected chi connectivity index (χ4v) is 5.37. The molecule has 0 saturated heterocycles. The molecule has 0 fully saturated rings. The minimum atomic E-state index is -0.870. The lowest BCUT2D eigenvalue weighted by atomic mass is 9.98. The third-order valence-electron chi connectivity index (χ3n) is 8.06. The number of aromatic amines is 1. The van der Waals surface area contributed by atoms with Crippen LogP contribution in [-0.2, 0) is 33.8 Å². The molecular formula is C36H41N9O4. The van der Waals surface area contributed by atoms with Crippen LogP contribution >= 0.6 is 0 Å². The molecule has 0 aliphatic rings. The molecule has 2 amide bonds. The quantitative estimate of drug-likeness (QED) is 0.128. The maximum absolute atomic E-state index is 13.6. The number of hydroxylamine groups is 1. The molecule has 0 unspecified atom stereocenters. The van der Waals surface area contributed by atoms with Crippen molar-refractivity contribution in [2.24, 2.45) is 11.7 Å². The third-order valence-corrected chi connectivity index (χ3v) is 8.06. The molecule has 0 radical (unpaired) electrons. The normalized spacial score (nSPS) is 12.3. The van der Waals surface area contributed by atoms with Gasteiger partial charge in [-0.1, -0.05) is 106 Å². The minimum absolute atomic E-state index is 0.129. The van der Waals surface area contributed by atoms with Crippen molar-refractivity contribution < 1.29 is 19.2 Å². The number of nitrogens with one attached hydrogen (secondary N) is 3. The molecular weight excluding hydrogens is 622 g/mol. The van der Waals surface area contributed by atoms with Crippen LogP contribution in [0.3, 0.4) is 0 Å². The van der Waals surface area contributed by atoms with Crippen molar-refractivity contribution in [1.29, 1.82) is 0 Å². The first-order valence-electron chi connectivity index (χ1n) is 16.3. The molecule has 0 saturated carbocycles. The molecule has 13 heteroatoms. The maximum Gasteiger partial charge on any atom is 0.349 e. The molecule has 2 heterocycles. The summed E-state index contributed by atoms with van der Waals surface area (Å²) in [5.41, 5.74) is 14.0. The molecule has 2 atom stereocenters. The SMILES string of the molecule is CCCc1cc(C(=O)N[C@@H](CC(=O)NOC(=O)[C@H](N)C(C)C)Cc2ccccc2)nn1Cc1ccc(-c2ccccc2-c2nn[nH]n2)cc1. The predicted octanol–water partition coefficient (Wildman–Crippen LogP) is 4.02. The molecule has 5 rings (SSSR count). The summed E-state index contributed by atoms with van der Waals surface area (Å²) >= 11 is 0. The van der Waals surface area contributed by atoms with E-state index in [4.69, 9.17) is 10.6 Å². The Kier molecular flexibility index (Phi) is 11.6. The lowest BCUT2D eigenvalue weighted by molar-refractivity contribution is -0.160. The number of nitrogens with zero attached hydrogens (tertiary/aromatic N) is 5. The summed E-state index contributed by atoms with van der Waals surface area (Å²) < 4.78 is 1.84. The second-order valence-corrected chi connectivity index (χ2v) is 12.2. The Labute approximate surface area is 284 Å². The van der Waals surface area contributed by atoms with Crippen molar-refractivity contribution in [3.05, 3.63) is 107 Å². The van der Waals surface area contributed by atoms with Gasteiger partial charge in [0.1, 0.15) is 11.7 Å². The zero-order chi connectivity index (χ0) is 34.8. The number of H-pyrrole nitrogens is 1. The van der Waals surface area contributed by atoms with Gasteiger partial charge in [-0.2, -0.15) is 15.8 Å². The number of aryl methyl sites for hydroxylation is 1. The maximum atomic E-state index is 13.6. The lowest BCUT2D eigenvalue weighted by Crippen LogP contribution is -2.44. The highest BCUT2D eigenvalue weighted by Gasteiger charge is 2.24. The zero-order valence-corrected chi connectivity index (χ0v) is 27.8. The van der Waals surface area contributed by atoms with Crippen LogP contribution in [0, 0.1) is 5.92 Å². The van der Waals surface area contributed by atoms with Gasteiger partial charge in [-0.05, 0) is 52.3 Å². The van der Waals surface area contributed by atoms with Crippen LogP contribution in [0.4, 0.5) is 0 Å². The Morgan fingerprint density at radius 1 is 0.939 bits per heavy atom. The Hall–Kier alpha value is -5.69. The van der Waals surface area contributed by atoms with E-state index in [1.54, 1.807) is 19.9 Å². The fourth-order valence-electron chi connectivity index (χ4n) is 5.37. The van der Waals surface area contributed by atoms with Crippen molar-refractivity contribution >= 4 is 17.8 Å². The minimum Gasteiger partial charge on any atom is -0.347 e. The average Bonchev–Trinajstić information content (AvgIpc) is 3.79. The Bertz CT molecular complexity index is 1840. The Balaban J connectivity index is 1.29. The number of hydrogen-bond acceptors (Lipinski definition) is 9. The predicted molar refractivity (Wildman–Crippen MR) is 183 cm³/mol. The van der Waals surface area contributed by atoms with E-state index in [0.29, 0.717) is 18.8 Å². The van der Waals surface area contributed by atoms with Crippen LogP contribution < -0.4 is 16.5 Å². The molecule has 0 aliphatic carbocycles. The topological polar surface area (TPSA) is 183 Å². The second kappa shape index (κ2) is 16.4. The third kappa shape index (κ3) is 9.23. The lowest BCUT2D eigenvalue weighted by Gasteiger charge is -2.19. The van der Waals surface area contributed by atoms with Crippen LogP contribution in [0.15, 0.2) is 84.9 Å². The van der Waals surface area contributed by atoms with Crippen molar-refractivity contribution in [2.75, 3.05) is 0 Å². The molecule has 13 nitrogen and oxygen atoms in total. The summed E-state index contributed by atoms with van der Waals surface area (Å²) in [6, 6.07) is 25.9. The van der Waals surface area contributed by atoms with Crippen LogP contribution in [0.5, 0.6) is 0 Å². The number of tetrazole rings is 1. The van der Waals surface area contributed by atoms with Gasteiger partial charge < -0.3 is 15.9 Å². The van der Waals surface area contributed by atoms with E-state index in [-0.39, 0.29) is 18.0 Å². The first-order valence-corrected chi connectivity index (χ1v) is 16.3. The van der Waals surface area contributed by atoms with Crippen molar-refractivity contribution in [2.45, 2.75) is 65.1 Å². The van der Waals surface area contributed by atoms with Gasteiger partial charge in [0.25, 0.3) is 11.8 Å². The van der Waals surface area contributed by atoms with Crippen LogP contribution in [0.2, 0.25) is 0 Å². The van der Waals surface area contributed by atoms with E-state index in [1.807, 2.05) is 83.5 Å². The average molecular weight is 664 g/mol. The number of hydrogen-bond donors (Lipinski definition) is 4. The molecule has 3 aromatic carbocycles. The van der Waals surface area contributed by atoms with Crippen LogP contribution in [0.25, 0.3) is 22.5 Å². The highest BCUT2D eigenvalue weighted by molar-refractivity contribution is 5.93. The first kappa shape index (κ1) is 34.6. The smallest absolute Gasteiger partial charge is 0.347 e. The van der Waals surface area contributed by atoms with Gasteiger partial charge in [0.05, 0.1) is 13.0 Å². The van der Waals surface area contributed by atoms with Gasteiger partial charge in [0, 0.05) is 17.3 Å². The van der Waals surface area contributed by atoms with Gasteiger partial charge in [-0.25, -0.2) is 4.79 Å². The molecule has 5 N–H and O–H groups in total. The monoisotopic (exact) mass is 663 g/mol. The number of carbonyl (C=O) groups is 3. The molecule has 0 bridgehead atoms. The summed E-state index contributed by atoms with van der Waals surface area (Å²) in [6.45, 7) is 6.10. The van der Waals surface area contributed by atoms with Crippen molar-refractivity contribution in [3.8, 4) is 22.5 Å². The fraction of sp³-hybridized carbons (Fsp3) is 0.306. The molecule has 254 valence electrons. The number of aromatic nitrogens is 6. The van der Waals surface area contributed by atoms with Gasteiger partial charge >= 0.3 is 5.97 Å². The Morgan fingerprint density at radius 3 is 2.33 bits per heavy atom. The molecule has 0 spiro atoms. The van der Waals surface area contributed by atoms with E-state index in [0.717, 1.165) is 46.4 Å². The summed E-state index contributed by atoms with van der Waals surface area (Å²) in [4.78, 5) is 43.4. The molecule has 2 aromatic heterocycles. The van der Waals surface area contributed by atoms with Gasteiger partial charge in [0.15, 0.2) is 0 Å². The molecule has 0 aliphatic heterocycles. The van der Waals surface area contributed by atoms with E-state index >= 15 is 0 Å². The number of amides is 2.